The van der Waals surface area contributed by atoms with E-state index >= 15 is 0 Å². The summed E-state index contributed by atoms with van der Waals surface area (Å²) in [5, 5.41) is 0. The number of unbranched alkanes of at least 4 members (excludes halogenated alkanes) is 1. The summed E-state index contributed by atoms with van der Waals surface area (Å²) in [5.41, 5.74) is 1.10. The molecule has 2 heterocycles. The van der Waals surface area contributed by atoms with Crippen LogP contribution in [0.3, 0.4) is 0 Å². The van der Waals surface area contributed by atoms with Crippen LogP contribution in [0.2, 0.25) is 0 Å². The fourth-order valence-corrected chi connectivity index (χ4v) is 3.54. The summed E-state index contributed by atoms with van der Waals surface area (Å²) in [7, 11) is 1.62. The Morgan fingerprint density at radius 3 is 2.76 bits per heavy atom. The average Bonchev–Trinajstić information content (AvgIpc) is 2.73. The summed E-state index contributed by atoms with van der Waals surface area (Å²) >= 11 is 0. The van der Waals surface area contributed by atoms with Gasteiger partial charge in [-0.2, -0.15) is 0 Å². The number of carbonyl (C=O) groups excluding carboxylic acids is 1. The van der Waals surface area contributed by atoms with E-state index in [1.807, 2.05) is 36.1 Å². The first-order valence-electron chi connectivity index (χ1n) is 10.2. The average molecular weight is 399 g/mol. The summed E-state index contributed by atoms with van der Waals surface area (Å²) < 4.78 is 11.4. The van der Waals surface area contributed by atoms with E-state index in [0.717, 1.165) is 37.3 Å². The topological polar surface area (TPSA) is 67.8 Å². The van der Waals surface area contributed by atoms with Crippen molar-refractivity contribution in [1.29, 1.82) is 0 Å². The number of methoxy groups -OCH3 is 1. The number of nitrogens with zero attached hydrogens (tertiary/aromatic N) is 4. The first kappa shape index (κ1) is 20.9. The normalized spacial score (nSPS) is 16.6. The second-order valence-electron chi connectivity index (χ2n) is 7.46. The molecule has 7 nitrogen and oxygen atoms in total. The lowest BCUT2D eigenvalue weighted by atomic mass is 10.1. The lowest BCUT2D eigenvalue weighted by Crippen LogP contribution is -2.54. The highest BCUT2D eigenvalue weighted by Gasteiger charge is 2.27. The smallest absolute Gasteiger partial charge is 0.224 e. The fourth-order valence-electron chi connectivity index (χ4n) is 3.54. The molecule has 1 amide bonds. The molecular formula is C22H30N4O3. The molecule has 0 aliphatic carbocycles. The van der Waals surface area contributed by atoms with Crippen molar-refractivity contribution in [1.82, 2.24) is 14.9 Å². The molecule has 1 aliphatic heterocycles. The molecule has 0 unspecified atom stereocenters. The van der Waals surface area contributed by atoms with Gasteiger partial charge < -0.3 is 19.3 Å². The highest BCUT2D eigenvalue weighted by molar-refractivity contribution is 5.76. The van der Waals surface area contributed by atoms with Crippen molar-refractivity contribution in [3.05, 3.63) is 36.2 Å². The zero-order valence-electron chi connectivity index (χ0n) is 17.7. The van der Waals surface area contributed by atoms with Gasteiger partial charge in [-0.25, -0.2) is 9.97 Å². The molecule has 1 saturated heterocycles. The number of carbonyl (C=O) groups is 1. The molecule has 0 saturated carbocycles. The van der Waals surface area contributed by atoms with Gasteiger partial charge in [0.2, 0.25) is 11.8 Å². The van der Waals surface area contributed by atoms with Gasteiger partial charge in [0.25, 0.3) is 0 Å². The molecule has 0 N–H and O–H groups in total. The molecule has 0 spiro atoms. The third-order valence-corrected chi connectivity index (χ3v) is 5.18. The molecule has 0 radical (unpaired) electrons. The van der Waals surface area contributed by atoms with Gasteiger partial charge in [-0.1, -0.05) is 19.4 Å². The minimum absolute atomic E-state index is 0.143. The number of piperazine rings is 1. The molecule has 3 rings (SSSR count). The van der Waals surface area contributed by atoms with Crippen molar-refractivity contribution in [2.24, 2.45) is 0 Å². The van der Waals surface area contributed by atoms with Crippen LogP contribution in [0.15, 0.2) is 30.6 Å². The van der Waals surface area contributed by atoms with Crippen molar-refractivity contribution >= 4 is 11.7 Å². The van der Waals surface area contributed by atoms with E-state index in [1.165, 1.54) is 6.33 Å². The second kappa shape index (κ2) is 9.58. The molecule has 1 aliphatic rings. The van der Waals surface area contributed by atoms with E-state index in [0.29, 0.717) is 30.3 Å². The predicted molar refractivity (Wildman–Crippen MR) is 113 cm³/mol. The molecule has 1 aromatic carbocycles. The van der Waals surface area contributed by atoms with Crippen LogP contribution >= 0.6 is 0 Å². The Bertz CT molecular complexity index is 843. The summed E-state index contributed by atoms with van der Waals surface area (Å²) in [6.07, 6.45) is 4.12. The van der Waals surface area contributed by atoms with Gasteiger partial charge in [0, 0.05) is 38.2 Å². The van der Waals surface area contributed by atoms with Crippen LogP contribution in [0.4, 0.5) is 5.82 Å². The Kier molecular flexibility index (Phi) is 6.90. The molecule has 0 bridgehead atoms. The van der Waals surface area contributed by atoms with Crippen LogP contribution in [0.1, 0.15) is 38.7 Å². The van der Waals surface area contributed by atoms with Gasteiger partial charge >= 0.3 is 0 Å². The van der Waals surface area contributed by atoms with Crippen molar-refractivity contribution in [3.8, 4) is 17.4 Å². The number of hydrogen-bond acceptors (Lipinski definition) is 6. The highest BCUT2D eigenvalue weighted by Crippen LogP contribution is 2.32. The van der Waals surface area contributed by atoms with Crippen LogP contribution in [0, 0.1) is 6.92 Å². The van der Waals surface area contributed by atoms with Gasteiger partial charge in [-0.05, 0) is 38.0 Å². The van der Waals surface area contributed by atoms with Gasteiger partial charge in [0.05, 0.1) is 7.11 Å². The zero-order valence-corrected chi connectivity index (χ0v) is 17.7. The maximum atomic E-state index is 12.4. The van der Waals surface area contributed by atoms with Crippen molar-refractivity contribution < 1.29 is 14.3 Å². The Hall–Kier alpha value is -2.83. The summed E-state index contributed by atoms with van der Waals surface area (Å²) in [6.45, 7) is 8.38. The largest absolute Gasteiger partial charge is 0.493 e. The first-order chi connectivity index (χ1) is 14.0. The van der Waals surface area contributed by atoms with Crippen molar-refractivity contribution in [2.75, 3.05) is 31.6 Å². The van der Waals surface area contributed by atoms with E-state index in [-0.39, 0.29) is 11.9 Å². The van der Waals surface area contributed by atoms with Crippen molar-refractivity contribution in [3.63, 3.8) is 0 Å². The number of aromatic nitrogens is 2. The molecule has 29 heavy (non-hydrogen) atoms. The Balaban J connectivity index is 1.68. The van der Waals surface area contributed by atoms with Crippen molar-refractivity contribution in [2.45, 2.75) is 46.1 Å². The number of anilines is 1. The number of aryl methyl sites for hydroxylation is 1. The van der Waals surface area contributed by atoms with E-state index in [1.54, 1.807) is 7.11 Å². The molecule has 156 valence electrons. The van der Waals surface area contributed by atoms with E-state index in [9.17, 15) is 4.79 Å². The van der Waals surface area contributed by atoms with E-state index < -0.39 is 0 Å². The highest BCUT2D eigenvalue weighted by atomic mass is 16.5. The predicted octanol–water partition coefficient (Wildman–Crippen LogP) is 3.81. The SMILES string of the molecule is CCCCC(=O)N1CCN(c2cc(Oc3ccc(C)cc3OC)ncn2)C[C@@H]1C. The van der Waals surface area contributed by atoms with Gasteiger partial charge in [-0.15, -0.1) is 0 Å². The Labute approximate surface area is 172 Å². The van der Waals surface area contributed by atoms with Crippen LogP contribution in [-0.4, -0.2) is 53.6 Å². The van der Waals surface area contributed by atoms with E-state index in [4.69, 9.17) is 9.47 Å². The van der Waals surface area contributed by atoms with Gasteiger partial charge in [0.15, 0.2) is 11.5 Å². The Morgan fingerprint density at radius 1 is 1.21 bits per heavy atom. The molecule has 1 atom stereocenters. The second-order valence-corrected chi connectivity index (χ2v) is 7.46. The molecular weight excluding hydrogens is 368 g/mol. The first-order valence-corrected chi connectivity index (χ1v) is 10.2. The molecule has 1 fully saturated rings. The molecule has 7 heteroatoms. The van der Waals surface area contributed by atoms with Crippen LogP contribution in [-0.2, 0) is 4.79 Å². The third kappa shape index (κ3) is 5.16. The summed E-state index contributed by atoms with van der Waals surface area (Å²) in [6, 6.07) is 7.74. The quantitative estimate of drug-likeness (QED) is 0.706. The van der Waals surface area contributed by atoms with Crippen LogP contribution in [0.5, 0.6) is 17.4 Å². The minimum Gasteiger partial charge on any atom is -0.493 e. The third-order valence-electron chi connectivity index (χ3n) is 5.18. The molecule has 2 aromatic rings. The molecule has 1 aromatic heterocycles. The number of amides is 1. The Morgan fingerprint density at radius 2 is 2.03 bits per heavy atom. The monoisotopic (exact) mass is 398 g/mol. The number of ether oxygens (including phenoxy) is 2. The van der Waals surface area contributed by atoms with Gasteiger partial charge in [0.1, 0.15) is 12.1 Å². The van der Waals surface area contributed by atoms with Crippen LogP contribution in [0.25, 0.3) is 0 Å². The number of hydrogen-bond donors (Lipinski definition) is 0. The summed E-state index contributed by atoms with van der Waals surface area (Å²) in [5.74, 6) is 2.79. The van der Waals surface area contributed by atoms with Gasteiger partial charge in [-0.3, -0.25) is 4.79 Å². The maximum absolute atomic E-state index is 12.4. The standard InChI is InChI=1S/C22H30N4O3/c1-5-6-7-22(27)26-11-10-25(14-17(26)3)20-13-21(24-15-23-20)29-18-9-8-16(2)12-19(18)28-4/h8-9,12-13,15,17H,5-7,10-11,14H2,1-4H3/t17-/m0/s1. The van der Waals surface area contributed by atoms with Crippen LogP contribution < -0.4 is 14.4 Å². The minimum atomic E-state index is 0.143. The lowest BCUT2D eigenvalue weighted by molar-refractivity contribution is -0.133. The lowest BCUT2D eigenvalue weighted by Gasteiger charge is -2.40. The fraction of sp³-hybridized carbons (Fsp3) is 0.500. The number of benzene rings is 1. The number of rotatable bonds is 7. The summed E-state index contributed by atoms with van der Waals surface area (Å²) in [4.78, 5) is 25.2. The zero-order chi connectivity index (χ0) is 20.8. The maximum Gasteiger partial charge on any atom is 0.224 e. The van der Waals surface area contributed by atoms with E-state index in [2.05, 4.69) is 28.7 Å².